The maximum atomic E-state index is 5.21. The fourth-order valence-electron chi connectivity index (χ4n) is 1.31. The highest BCUT2D eigenvalue weighted by Gasteiger charge is 2.14. The zero-order valence-corrected chi connectivity index (χ0v) is 10.5. The molecule has 3 heteroatoms. The number of likely N-dealkylation sites (N-methyl/N-ethyl adjacent to an activating group) is 1. The van der Waals surface area contributed by atoms with E-state index in [1.165, 1.54) is 0 Å². The Labute approximate surface area is 88.8 Å². The van der Waals surface area contributed by atoms with Gasteiger partial charge >= 0.3 is 0 Å². The molecule has 0 fully saturated rings. The van der Waals surface area contributed by atoms with Crippen molar-refractivity contribution in [3.05, 3.63) is 0 Å². The molecular weight excluding hydrogens is 176 g/mol. The summed E-state index contributed by atoms with van der Waals surface area (Å²) in [5.41, 5.74) is 0. The van der Waals surface area contributed by atoms with Gasteiger partial charge in [0.05, 0.1) is 6.10 Å². The zero-order chi connectivity index (χ0) is 11.1. The molecule has 0 heterocycles. The van der Waals surface area contributed by atoms with Crippen LogP contribution < -0.4 is 5.32 Å². The largest absolute Gasteiger partial charge is 0.380 e. The average molecular weight is 202 g/mol. The van der Waals surface area contributed by atoms with Gasteiger partial charge in [-0.15, -0.1) is 0 Å². The zero-order valence-electron chi connectivity index (χ0n) is 10.5. The number of ether oxygens (including phenoxy) is 1. The Morgan fingerprint density at radius 3 is 2.14 bits per heavy atom. The van der Waals surface area contributed by atoms with E-state index in [0.717, 1.165) is 13.1 Å². The molecule has 86 valence electrons. The molecule has 0 aromatic carbocycles. The second-order valence-electron chi connectivity index (χ2n) is 4.57. The molecule has 0 aliphatic rings. The summed E-state index contributed by atoms with van der Waals surface area (Å²) < 4.78 is 5.21. The second-order valence-corrected chi connectivity index (χ2v) is 4.57. The first kappa shape index (κ1) is 13.9. The standard InChI is InChI=1S/C11H26N2O/c1-9(2)11(8-13(4)5)12-7-10(3)14-6/h9-12H,7-8H2,1-6H3. The summed E-state index contributed by atoms with van der Waals surface area (Å²) in [6.45, 7) is 8.58. The van der Waals surface area contributed by atoms with Gasteiger partial charge in [0.1, 0.15) is 0 Å². The van der Waals surface area contributed by atoms with Crippen LogP contribution in [0.1, 0.15) is 20.8 Å². The molecule has 2 unspecified atom stereocenters. The van der Waals surface area contributed by atoms with Crippen molar-refractivity contribution in [1.29, 1.82) is 0 Å². The minimum absolute atomic E-state index is 0.290. The Morgan fingerprint density at radius 1 is 1.21 bits per heavy atom. The van der Waals surface area contributed by atoms with Crippen LogP contribution in [-0.4, -0.2) is 51.3 Å². The van der Waals surface area contributed by atoms with Crippen LogP contribution in [0, 0.1) is 5.92 Å². The molecule has 3 nitrogen and oxygen atoms in total. The Balaban J connectivity index is 3.85. The molecule has 0 aliphatic carbocycles. The molecule has 0 bridgehead atoms. The molecule has 0 saturated carbocycles. The lowest BCUT2D eigenvalue weighted by Gasteiger charge is -2.26. The van der Waals surface area contributed by atoms with Crippen molar-refractivity contribution in [3.8, 4) is 0 Å². The Hall–Kier alpha value is -0.120. The van der Waals surface area contributed by atoms with Crippen LogP contribution in [0.4, 0.5) is 0 Å². The van der Waals surface area contributed by atoms with Crippen LogP contribution in [0.3, 0.4) is 0 Å². The fraction of sp³-hybridized carbons (Fsp3) is 1.00. The molecule has 0 aromatic rings. The second kappa shape index (κ2) is 7.21. The quantitative estimate of drug-likeness (QED) is 0.671. The molecule has 0 aliphatic heterocycles. The number of rotatable bonds is 7. The van der Waals surface area contributed by atoms with Crippen LogP contribution in [0.2, 0.25) is 0 Å². The summed E-state index contributed by atoms with van der Waals surface area (Å²) in [6.07, 6.45) is 0.290. The smallest absolute Gasteiger partial charge is 0.0667 e. The number of nitrogens with zero attached hydrogens (tertiary/aromatic N) is 1. The number of nitrogens with one attached hydrogen (secondary N) is 1. The molecule has 0 aromatic heterocycles. The van der Waals surface area contributed by atoms with Crippen molar-refractivity contribution in [2.45, 2.75) is 32.9 Å². The Kier molecular flexibility index (Phi) is 7.15. The summed E-state index contributed by atoms with van der Waals surface area (Å²) in [4.78, 5) is 2.22. The third-order valence-electron chi connectivity index (χ3n) is 2.44. The molecule has 0 spiro atoms. The van der Waals surface area contributed by atoms with Crippen molar-refractivity contribution in [2.24, 2.45) is 5.92 Å². The molecular formula is C11H26N2O. The van der Waals surface area contributed by atoms with Gasteiger partial charge < -0.3 is 15.0 Å². The van der Waals surface area contributed by atoms with E-state index < -0.39 is 0 Å². The van der Waals surface area contributed by atoms with Crippen LogP contribution >= 0.6 is 0 Å². The lowest BCUT2D eigenvalue weighted by atomic mass is 10.0. The van der Waals surface area contributed by atoms with Gasteiger partial charge in [0.25, 0.3) is 0 Å². The summed E-state index contributed by atoms with van der Waals surface area (Å²) in [7, 11) is 5.97. The van der Waals surface area contributed by atoms with Gasteiger partial charge in [-0.3, -0.25) is 0 Å². The Bertz CT molecular complexity index is 137. The van der Waals surface area contributed by atoms with E-state index in [0.29, 0.717) is 18.1 Å². The lowest BCUT2D eigenvalue weighted by Crippen LogP contribution is -2.44. The molecule has 0 rings (SSSR count). The maximum Gasteiger partial charge on any atom is 0.0667 e. The lowest BCUT2D eigenvalue weighted by molar-refractivity contribution is 0.110. The Morgan fingerprint density at radius 2 is 1.79 bits per heavy atom. The van der Waals surface area contributed by atoms with Crippen LogP contribution in [0.15, 0.2) is 0 Å². The number of methoxy groups -OCH3 is 1. The molecule has 0 radical (unpaired) electrons. The maximum absolute atomic E-state index is 5.21. The van der Waals surface area contributed by atoms with E-state index in [2.05, 4.69) is 45.1 Å². The monoisotopic (exact) mass is 202 g/mol. The van der Waals surface area contributed by atoms with Crippen LogP contribution in [-0.2, 0) is 4.74 Å². The van der Waals surface area contributed by atoms with Crippen LogP contribution in [0.5, 0.6) is 0 Å². The first-order valence-electron chi connectivity index (χ1n) is 5.38. The van der Waals surface area contributed by atoms with Crippen molar-refractivity contribution < 1.29 is 4.74 Å². The van der Waals surface area contributed by atoms with Gasteiger partial charge in [-0.25, -0.2) is 0 Å². The topological polar surface area (TPSA) is 24.5 Å². The van der Waals surface area contributed by atoms with E-state index in [1.807, 2.05) is 0 Å². The molecule has 14 heavy (non-hydrogen) atoms. The minimum Gasteiger partial charge on any atom is -0.380 e. The van der Waals surface area contributed by atoms with Crippen LogP contribution in [0.25, 0.3) is 0 Å². The van der Waals surface area contributed by atoms with E-state index in [1.54, 1.807) is 7.11 Å². The van der Waals surface area contributed by atoms with Crippen molar-refractivity contribution >= 4 is 0 Å². The summed E-state index contributed by atoms with van der Waals surface area (Å²) in [5.74, 6) is 0.654. The van der Waals surface area contributed by atoms with E-state index >= 15 is 0 Å². The summed E-state index contributed by atoms with van der Waals surface area (Å²) in [5, 5.41) is 3.53. The molecule has 0 saturated heterocycles. The molecule has 1 N–H and O–H groups in total. The number of hydrogen-bond acceptors (Lipinski definition) is 3. The first-order chi connectivity index (χ1) is 6.47. The summed E-state index contributed by atoms with van der Waals surface area (Å²) >= 11 is 0. The third-order valence-corrected chi connectivity index (χ3v) is 2.44. The fourth-order valence-corrected chi connectivity index (χ4v) is 1.31. The van der Waals surface area contributed by atoms with Gasteiger partial charge in [0, 0.05) is 26.2 Å². The minimum atomic E-state index is 0.290. The summed E-state index contributed by atoms with van der Waals surface area (Å²) in [6, 6.07) is 0.544. The van der Waals surface area contributed by atoms with E-state index in [-0.39, 0.29) is 0 Å². The van der Waals surface area contributed by atoms with Gasteiger partial charge in [-0.05, 0) is 26.9 Å². The number of hydrogen-bond donors (Lipinski definition) is 1. The third kappa shape index (κ3) is 6.35. The molecule has 0 amide bonds. The normalized spacial score (nSPS) is 16.3. The first-order valence-corrected chi connectivity index (χ1v) is 5.38. The van der Waals surface area contributed by atoms with E-state index in [4.69, 9.17) is 4.74 Å². The van der Waals surface area contributed by atoms with E-state index in [9.17, 15) is 0 Å². The highest BCUT2D eigenvalue weighted by Crippen LogP contribution is 2.02. The van der Waals surface area contributed by atoms with Crippen molar-refractivity contribution in [2.75, 3.05) is 34.3 Å². The molecule has 2 atom stereocenters. The highest BCUT2D eigenvalue weighted by atomic mass is 16.5. The predicted molar refractivity (Wildman–Crippen MR) is 61.7 cm³/mol. The average Bonchev–Trinajstić information content (AvgIpc) is 2.10. The SMILES string of the molecule is COC(C)CNC(CN(C)C)C(C)C. The predicted octanol–water partition coefficient (Wildman–Crippen LogP) is 1.20. The highest BCUT2D eigenvalue weighted by molar-refractivity contribution is 4.74. The van der Waals surface area contributed by atoms with Gasteiger partial charge in [0.15, 0.2) is 0 Å². The van der Waals surface area contributed by atoms with Gasteiger partial charge in [-0.1, -0.05) is 13.8 Å². The van der Waals surface area contributed by atoms with Gasteiger partial charge in [0.2, 0.25) is 0 Å². The van der Waals surface area contributed by atoms with Crippen molar-refractivity contribution in [1.82, 2.24) is 10.2 Å². The van der Waals surface area contributed by atoms with Crippen molar-refractivity contribution in [3.63, 3.8) is 0 Å². The van der Waals surface area contributed by atoms with Gasteiger partial charge in [-0.2, -0.15) is 0 Å².